The average molecular weight is 326 g/mol. The summed E-state index contributed by atoms with van der Waals surface area (Å²) in [6.07, 6.45) is -8.05. The van der Waals surface area contributed by atoms with Crippen molar-refractivity contribution in [2.75, 3.05) is 0 Å². The molecule has 5 atom stereocenters. The molecule has 0 aliphatic carbocycles. The molecule has 4 N–H and O–H groups in total. The molecule has 0 radical (unpaired) electrons. The van der Waals surface area contributed by atoms with E-state index < -0.39 is 36.7 Å². The lowest BCUT2D eigenvalue weighted by molar-refractivity contribution is -0.271. The third kappa shape index (κ3) is 3.64. The minimum absolute atomic E-state index is 0.136. The first-order chi connectivity index (χ1) is 10.7. The van der Waals surface area contributed by atoms with Crippen molar-refractivity contribution >= 4 is 5.97 Å². The minimum atomic E-state index is -1.73. The van der Waals surface area contributed by atoms with E-state index in [2.05, 4.69) is 0 Å². The maximum atomic E-state index is 11.1. The van der Waals surface area contributed by atoms with Crippen LogP contribution in [0.3, 0.4) is 0 Å². The molecule has 1 aliphatic rings. The average Bonchev–Trinajstić information content (AvgIpc) is 2.47. The summed E-state index contributed by atoms with van der Waals surface area (Å²) in [7, 11) is 0. The van der Waals surface area contributed by atoms with Gasteiger partial charge < -0.3 is 29.9 Å². The van der Waals surface area contributed by atoms with Gasteiger partial charge >= 0.3 is 5.97 Å². The second kappa shape index (κ2) is 6.84. The summed E-state index contributed by atoms with van der Waals surface area (Å²) in [6.45, 7) is 5.80. The van der Waals surface area contributed by atoms with Gasteiger partial charge in [0.15, 0.2) is 6.10 Å². The van der Waals surface area contributed by atoms with Crippen LogP contribution in [-0.4, -0.2) is 57.1 Å². The largest absolute Gasteiger partial charge is 0.479 e. The van der Waals surface area contributed by atoms with Gasteiger partial charge in [-0.2, -0.15) is 0 Å². The van der Waals surface area contributed by atoms with E-state index in [1.165, 1.54) is 0 Å². The highest BCUT2D eigenvalue weighted by atomic mass is 16.7. The van der Waals surface area contributed by atoms with E-state index >= 15 is 0 Å². The Labute approximate surface area is 134 Å². The lowest BCUT2D eigenvalue weighted by atomic mass is 9.98. The van der Waals surface area contributed by atoms with Gasteiger partial charge in [-0.25, -0.2) is 4.79 Å². The highest BCUT2D eigenvalue weighted by Crippen LogP contribution is 2.31. The highest BCUT2D eigenvalue weighted by molar-refractivity contribution is 5.73. The predicted molar refractivity (Wildman–Crippen MR) is 80.2 cm³/mol. The standard InChI is InChI=1S/C16H22O7/c1-7(2)9-5-4-8(3)6-10(9)22-16-13(19)11(17)12(18)14(23-16)15(20)21/h4-7,11-14,16-19H,1-3H3,(H,20,21). The molecule has 0 spiro atoms. The van der Waals surface area contributed by atoms with Gasteiger partial charge in [-0.15, -0.1) is 0 Å². The molecule has 0 amide bonds. The maximum Gasteiger partial charge on any atom is 0.335 e. The zero-order chi connectivity index (χ0) is 17.3. The molecule has 0 saturated carbocycles. The molecule has 23 heavy (non-hydrogen) atoms. The molecule has 5 unspecified atom stereocenters. The highest BCUT2D eigenvalue weighted by Gasteiger charge is 2.48. The van der Waals surface area contributed by atoms with E-state index in [0.717, 1.165) is 11.1 Å². The van der Waals surface area contributed by atoms with Gasteiger partial charge in [0, 0.05) is 0 Å². The third-order valence-corrected chi connectivity index (χ3v) is 3.85. The van der Waals surface area contributed by atoms with Crippen LogP contribution >= 0.6 is 0 Å². The number of ether oxygens (including phenoxy) is 2. The first-order valence-corrected chi connectivity index (χ1v) is 7.42. The van der Waals surface area contributed by atoms with Gasteiger partial charge in [0.1, 0.15) is 24.1 Å². The van der Waals surface area contributed by atoms with E-state index in [1.54, 1.807) is 6.07 Å². The van der Waals surface area contributed by atoms with Crippen LogP contribution < -0.4 is 4.74 Å². The molecule has 7 nitrogen and oxygen atoms in total. The van der Waals surface area contributed by atoms with Crippen LogP contribution in [0.2, 0.25) is 0 Å². The number of aryl methyl sites for hydroxylation is 1. The smallest absolute Gasteiger partial charge is 0.335 e. The van der Waals surface area contributed by atoms with E-state index in [-0.39, 0.29) is 5.92 Å². The molecule has 0 bridgehead atoms. The number of carboxylic acids is 1. The number of benzene rings is 1. The summed E-state index contributed by atoms with van der Waals surface area (Å²) >= 11 is 0. The van der Waals surface area contributed by atoms with Crippen LogP contribution in [0.1, 0.15) is 30.9 Å². The summed E-state index contributed by atoms with van der Waals surface area (Å²) in [6, 6.07) is 5.54. The van der Waals surface area contributed by atoms with E-state index in [1.807, 2.05) is 32.9 Å². The molecule has 0 aromatic heterocycles. The summed E-state index contributed by atoms with van der Waals surface area (Å²) in [5.41, 5.74) is 1.78. The molecule has 7 heteroatoms. The summed E-state index contributed by atoms with van der Waals surface area (Å²) in [5, 5.41) is 38.6. The third-order valence-electron chi connectivity index (χ3n) is 3.85. The molecule has 128 valence electrons. The van der Waals surface area contributed by atoms with Crippen LogP contribution in [0.15, 0.2) is 18.2 Å². The molecule has 1 fully saturated rings. The Kier molecular flexibility index (Phi) is 5.26. The zero-order valence-electron chi connectivity index (χ0n) is 13.2. The number of hydrogen-bond donors (Lipinski definition) is 4. The monoisotopic (exact) mass is 326 g/mol. The van der Waals surface area contributed by atoms with Crippen molar-refractivity contribution in [1.29, 1.82) is 0 Å². The fourth-order valence-electron chi connectivity index (χ4n) is 2.50. The van der Waals surface area contributed by atoms with Gasteiger partial charge in [0.05, 0.1) is 0 Å². The molecule has 1 aromatic rings. The van der Waals surface area contributed by atoms with Crippen LogP contribution in [0.5, 0.6) is 5.75 Å². The number of rotatable bonds is 4. The molecule has 1 aromatic carbocycles. The van der Waals surface area contributed by atoms with Gasteiger partial charge in [-0.3, -0.25) is 0 Å². The fourth-order valence-corrected chi connectivity index (χ4v) is 2.50. The molecular formula is C16H22O7. The Hall–Kier alpha value is -1.67. The number of aliphatic hydroxyl groups excluding tert-OH is 3. The second-order valence-corrected chi connectivity index (χ2v) is 6.05. The van der Waals surface area contributed by atoms with Crippen LogP contribution in [0, 0.1) is 6.92 Å². The van der Waals surface area contributed by atoms with Crippen molar-refractivity contribution in [3.8, 4) is 5.75 Å². The fraction of sp³-hybridized carbons (Fsp3) is 0.562. The molecule has 1 heterocycles. The van der Waals surface area contributed by atoms with Crippen molar-refractivity contribution in [2.45, 2.75) is 57.4 Å². The van der Waals surface area contributed by atoms with Crippen LogP contribution in [0.25, 0.3) is 0 Å². The number of hydrogen-bond acceptors (Lipinski definition) is 6. The number of carbonyl (C=O) groups is 1. The number of aliphatic carboxylic acids is 1. The second-order valence-electron chi connectivity index (χ2n) is 6.05. The Morgan fingerprint density at radius 1 is 1.17 bits per heavy atom. The van der Waals surface area contributed by atoms with Crippen molar-refractivity contribution in [3.05, 3.63) is 29.3 Å². The molecule has 1 aliphatic heterocycles. The Morgan fingerprint density at radius 2 is 1.83 bits per heavy atom. The zero-order valence-corrected chi connectivity index (χ0v) is 13.2. The molecule has 2 rings (SSSR count). The minimum Gasteiger partial charge on any atom is -0.479 e. The lowest BCUT2D eigenvalue weighted by Crippen LogP contribution is -2.61. The first kappa shape index (κ1) is 17.7. The SMILES string of the molecule is Cc1ccc(C(C)C)c(OC2OC(C(=O)O)C(O)C(O)C2O)c1. The lowest BCUT2D eigenvalue weighted by Gasteiger charge is -2.38. The van der Waals surface area contributed by atoms with Crippen molar-refractivity contribution in [2.24, 2.45) is 0 Å². The summed E-state index contributed by atoms with van der Waals surface area (Å²) < 4.78 is 10.8. The summed E-state index contributed by atoms with van der Waals surface area (Å²) in [5.74, 6) is -0.862. The quantitative estimate of drug-likeness (QED) is 0.632. The first-order valence-electron chi connectivity index (χ1n) is 7.42. The van der Waals surface area contributed by atoms with Gasteiger partial charge in [0.25, 0.3) is 0 Å². The molecular weight excluding hydrogens is 304 g/mol. The van der Waals surface area contributed by atoms with Gasteiger partial charge in [-0.05, 0) is 30.0 Å². The van der Waals surface area contributed by atoms with E-state index in [9.17, 15) is 20.1 Å². The van der Waals surface area contributed by atoms with Crippen molar-refractivity contribution in [3.63, 3.8) is 0 Å². The van der Waals surface area contributed by atoms with Crippen LogP contribution in [-0.2, 0) is 9.53 Å². The van der Waals surface area contributed by atoms with E-state index in [0.29, 0.717) is 5.75 Å². The van der Waals surface area contributed by atoms with Gasteiger partial charge in [0.2, 0.25) is 6.29 Å². The van der Waals surface area contributed by atoms with Crippen LogP contribution in [0.4, 0.5) is 0 Å². The molecule has 1 saturated heterocycles. The normalized spacial score (nSPS) is 31.2. The van der Waals surface area contributed by atoms with Gasteiger partial charge in [-0.1, -0.05) is 26.0 Å². The summed E-state index contributed by atoms with van der Waals surface area (Å²) in [4.78, 5) is 11.1. The Bertz CT molecular complexity index is 572. The Morgan fingerprint density at radius 3 is 2.39 bits per heavy atom. The number of aliphatic hydroxyl groups is 3. The van der Waals surface area contributed by atoms with E-state index in [4.69, 9.17) is 14.6 Å². The predicted octanol–water partition coefficient (Wildman–Crippen LogP) is 0.389. The number of carboxylic acid groups (broad SMARTS) is 1. The van der Waals surface area contributed by atoms with Crippen molar-refractivity contribution in [1.82, 2.24) is 0 Å². The topological polar surface area (TPSA) is 116 Å². The maximum absolute atomic E-state index is 11.1. The van der Waals surface area contributed by atoms with Crippen molar-refractivity contribution < 1.29 is 34.7 Å². The Balaban J connectivity index is 2.28.